The highest BCUT2D eigenvalue weighted by atomic mass is 15.2. The second-order valence-electron chi connectivity index (χ2n) is 3.91. The van der Waals surface area contributed by atoms with Crippen LogP contribution in [-0.4, -0.2) is 24.2 Å². The predicted octanol–water partition coefficient (Wildman–Crippen LogP) is 0.241. The first-order chi connectivity index (χ1) is 4.93. The number of piperazine rings is 1. The van der Waals surface area contributed by atoms with E-state index in [0.717, 1.165) is 24.2 Å². The van der Waals surface area contributed by atoms with E-state index in [1.807, 2.05) is 0 Å². The van der Waals surface area contributed by atoms with Gasteiger partial charge >= 0.3 is 0 Å². The summed E-state index contributed by atoms with van der Waals surface area (Å²) < 4.78 is 0. The Labute approximate surface area is 61.4 Å². The zero-order chi connectivity index (χ0) is 6.55. The molecule has 0 aromatic heterocycles. The fraction of sp³-hybridized carbons (Fsp3) is 1.00. The van der Waals surface area contributed by atoms with Crippen molar-refractivity contribution >= 4 is 0 Å². The van der Waals surface area contributed by atoms with Crippen molar-refractivity contribution in [2.45, 2.75) is 49.9 Å². The normalized spacial score (nSPS) is 57.6. The molecule has 5 aliphatic rings. The van der Waals surface area contributed by atoms with Crippen molar-refractivity contribution in [1.29, 1.82) is 0 Å². The molecule has 0 spiro atoms. The maximum atomic E-state index is 3.69. The van der Waals surface area contributed by atoms with Crippen LogP contribution in [0.2, 0.25) is 0 Å². The van der Waals surface area contributed by atoms with Gasteiger partial charge in [-0.15, -0.1) is 0 Å². The lowest BCUT2D eigenvalue weighted by atomic mass is 9.75. The Hall–Kier alpha value is -0.0800. The highest BCUT2D eigenvalue weighted by Gasteiger charge is 2.44. The minimum atomic E-state index is 0.823. The van der Waals surface area contributed by atoms with E-state index in [2.05, 4.69) is 10.6 Å². The van der Waals surface area contributed by atoms with Gasteiger partial charge in [0.05, 0.1) is 0 Å². The second-order valence-corrected chi connectivity index (χ2v) is 3.91. The summed E-state index contributed by atoms with van der Waals surface area (Å²) in [6.07, 6.45) is 5.66. The van der Waals surface area contributed by atoms with E-state index in [-0.39, 0.29) is 0 Å². The average Bonchev–Trinajstić information content (AvgIpc) is 2.05. The molecule has 0 amide bonds. The Bertz CT molecular complexity index is 123. The number of hydrogen-bond acceptors (Lipinski definition) is 2. The molecule has 2 nitrogen and oxygen atoms in total. The summed E-state index contributed by atoms with van der Waals surface area (Å²) >= 11 is 0. The van der Waals surface area contributed by atoms with Gasteiger partial charge in [-0.25, -0.2) is 0 Å². The topological polar surface area (TPSA) is 24.1 Å². The number of rotatable bonds is 0. The molecular formula is C8H14N2. The number of nitrogens with one attached hydrogen (secondary N) is 2. The summed E-state index contributed by atoms with van der Waals surface area (Å²) in [6.45, 7) is 0. The van der Waals surface area contributed by atoms with Crippen LogP contribution < -0.4 is 10.6 Å². The van der Waals surface area contributed by atoms with Crippen molar-refractivity contribution < 1.29 is 0 Å². The predicted molar refractivity (Wildman–Crippen MR) is 39.9 cm³/mol. The standard InChI is InChI=1S/C8H14N2/c1-2-6-8-4-3-7(10-6)5(1)9-8/h5-10H,1-4H2. The van der Waals surface area contributed by atoms with Crippen molar-refractivity contribution in [2.75, 3.05) is 0 Å². The molecule has 4 unspecified atom stereocenters. The quantitative estimate of drug-likeness (QED) is 0.501. The van der Waals surface area contributed by atoms with Crippen LogP contribution in [0.25, 0.3) is 0 Å². The van der Waals surface area contributed by atoms with E-state index in [1.54, 1.807) is 0 Å². The van der Waals surface area contributed by atoms with Crippen LogP contribution in [-0.2, 0) is 0 Å². The highest BCUT2D eigenvalue weighted by molar-refractivity contribution is 5.07. The van der Waals surface area contributed by atoms with E-state index in [0.29, 0.717) is 0 Å². The molecule has 0 saturated carbocycles. The van der Waals surface area contributed by atoms with Crippen molar-refractivity contribution in [3.05, 3.63) is 0 Å². The van der Waals surface area contributed by atoms with Crippen LogP contribution in [0.3, 0.4) is 0 Å². The lowest BCUT2D eigenvalue weighted by Crippen LogP contribution is -2.73. The summed E-state index contributed by atoms with van der Waals surface area (Å²) in [5.74, 6) is 0. The summed E-state index contributed by atoms with van der Waals surface area (Å²) in [5.41, 5.74) is 0. The zero-order valence-corrected chi connectivity index (χ0v) is 6.14. The van der Waals surface area contributed by atoms with Gasteiger partial charge < -0.3 is 10.6 Å². The van der Waals surface area contributed by atoms with Crippen molar-refractivity contribution in [3.63, 3.8) is 0 Å². The molecule has 4 atom stereocenters. The molecule has 5 heterocycles. The summed E-state index contributed by atoms with van der Waals surface area (Å²) in [4.78, 5) is 0. The third-order valence-corrected chi connectivity index (χ3v) is 3.41. The van der Waals surface area contributed by atoms with E-state index in [9.17, 15) is 0 Å². The zero-order valence-electron chi connectivity index (χ0n) is 6.14. The molecule has 2 heteroatoms. The lowest BCUT2D eigenvalue weighted by molar-refractivity contribution is 0.0777. The van der Waals surface area contributed by atoms with Crippen LogP contribution >= 0.6 is 0 Å². The number of piperidine rings is 4. The average molecular weight is 138 g/mol. The van der Waals surface area contributed by atoms with Crippen molar-refractivity contribution in [3.8, 4) is 0 Å². The van der Waals surface area contributed by atoms with Gasteiger partial charge in [-0.05, 0) is 25.7 Å². The van der Waals surface area contributed by atoms with Crippen LogP contribution in [0.5, 0.6) is 0 Å². The van der Waals surface area contributed by atoms with E-state index in [1.165, 1.54) is 25.7 Å². The summed E-state index contributed by atoms with van der Waals surface area (Å²) in [7, 11) is 0. The van der Waals surface area contributed by atoms with E-state index >= 15 is 0 Å². The fourth-order valence-electron chi connectivity index (χ4n) is 2.87. The van der Waals surface area contributed by atoms with Gasteiger partial charge in [0, 0.05) is 24.2 Å². The molecular weight excluding hydrogens is 124 g/mol. The molecule has 0 aromatic carbocycles. The molecule has 10 heavy (non-hydrogen) atoms. The van der Waals surface area contributed by atoms with Gasteiger partial charge in [-0.3, -0.25) is 0 Å². The van der Waals surface area contributed by atoms with Crippen LogP contribution in [0, 0.1) is 0 Å². The van der Waals surface area contributed by atoms with Crippen LogP contribution in [0.15, 0.2) is 0 Å². The first kappa shape index (κ1) is 5.56. The van der Waals surface area contributed by atoms with Gasteiger partial charge in [0.25, 0.3) is 0 Å². The third kappa shape index (κ3) is 0.565. The summed E-state index contributed by atoms with van der Waals surface area (Å²) in [6, 6.07) is 3.29. The van der Waals surface area contributed by atoms with Crippen LogP contribution in [0.1, 0.15) is 25.7 Å². The Balaban J connectivity index is 1.94. The van der Waals surface area contributed by atoms with E-state index < -0.39 is 0 Å². The first-order valence-electron chi connectivity index (χ1n) is 4.45. The number of fused-ring (bicyclic) bond motifs is 2. The smallest absolute Gasteiger partial charge is 0.0225 e. The first-order valence-corrected chi connectivity index (χ1v) is 4.45. The van der Waals surface area contributed by atoms with E-state index in [4.69, 9.17) is 0 Å². The summed E-state index contributed by atoms with van der Waals surface area (Å²) in [5, 5.41) is 7.38. The Morgan fingerprint density at radius 3 is 1.10 bits per heavy atom. The molecule has 5 rings (SSSR count). The van der Waals surface area contributed by atoms with Gasteiger partial charge in [-0.1, -0.05) is 0 Å². The monoisotopic (exact) mass is 138 g/mol. The molecule has 5 fully saturated rings. The molecule has 5 aliphatic heterocycles. The Kier molecular flexibility index (Phi) is 0.968. The Morgan fingerprint density at radius 2 is 0.900 bits per heavy atom. The minimum Gasteiger partial charge on any atom is -0.308 e. The molecule has 0 aromatic rings. The second kappa shape index (κ2) is 1.74. The lowest BCUT2D eigenvalue weighted by Gasteiger charge is -2.54. The van der Waals surface area contributed by atoms with Crippen LogP contribution in [0.4, 0.5) is 0 Å². The number of hydrogen-bond donors (Lipinski definition) is 2. The van der Waals surface area contributed by atoms with Gasteiger partial charge in [0.15, 0.2) is 0 Å². The molecule has 5 saturated heterocycles. The van der Waals surface area contributed by atoms with Gasteiger partial charge in [0.1, 0.15) is 0 Å². The molecule has 56 valence electrons. The maximum Gasteiger partial charge on any atom is 0.0225 e. The molecule has 0 aliphatic carbocycles. The third-order valence-electron chi connectivity index (χ3n) is 3.41. The minimum absolute atomic E-state index is 0.823. The van der Waals surface area contributed by atoms with Gasteiger partial charge in [0.2, 0.25) is 0 Å². The SMILES string of the molecule is C1CC2NC3CCC2NC13. The largest absolute Gasteiger partial charge is 0.308 e. The Morgan fingerprint density at radius 1 is 0.600 bits per heavy atom. The molecule has 4 bridgehead atoms. The van der Waals surface area contributed by atoms with Gasteiger partial charge in [-0.2, -0.15) is 0 Å². The fourth-order valence-corrected chi connectivity index (χ4v) is 2.87. The molecule has 0 radical (unpaired) electrons. The molecule has 2 N–H and O–H groups in total. The van der Waals surface area contributed by atoms with Crippen molar-refractivity contribution in [2.24, 2.45) is 0 Å². The maximum absolute atomic E-state index is 3.69. The highest BCUT2D eigenvalue weighted by Crippen LogP contribution is 2.32. The van der Waals surface area contributed by atoms with Crippen molar-refractivity contribution in [1.82, 2.24) is 10.6 Å².